The van der Waals surface area contributed by atoms with Gasteiger partial charge in [0, 0.05) is 25.1 Å². The van der Waals surface area contributed by atoms with Gasteiger partial charge in [-0.3, -0.25) is 9.88 Å². The standard InChI is InChI=1S/C17H20N6O3/c1-24-11-14-19-17(26-21-14)13-6-2-3-8-23(13)10-15-20-16(22-25-15)12-5-4-7-18-9-12/h4-5,7,9,13H,2-3,6,8,10-11H2,1H3/t13-/m1/s1. The third-order valence-corrected chi connectivity index (χ3v) is 4.38. The van der Waals surface area contributed by atoms with Gasteiger partial charge in [0.2, 0.25) is 17.6 Å². The summed E-state index contributed by atoms with van der Waals surface area (Å²) in [6, 6.07) is 3.80. The summed E-state index contributed by atoms with van der Waals surface area (Å²) in [7, 11) is 1.61. The number of hydrogen-bond donors (Lipinski definition) is 0. The number of ether oxygens (including phenoxy) is 1. The van der Waals surface area contributed by atoms with Crippen LogP contribution in [0.15, 0.2) is 33.6 Å². The van der Waals surface area contributed by atoms with Gasteiger partial charge in [0.05, 0.1) is 12.6 Å². The molecule has 0 unspecified atom stereocenters. The molecule has 3 aromatic heterocycles. The van der Waals surface area contributed by atoms with Crippen molar-refractivity contribution in [3.8, 4) is 11.4 Å². The van der Waals surface area contributed by atoms with E-state index in [-0.39, 0.29) is 6.04 Å². The lowest BCUT2D eigenvalue weighted by molar-refractivity contribution is 0.0985. The van der Waals surface area contributed by atoms with Crippen molar-refractivity contribution in [3.63, 3.8) is 0 Å². The minimum absolute atomic E-state index is 0.0515. The lowest BCUT2D eigenvalue weighted by Crippen LogP contribution is -2.33. The molecule has 0 radical (unpaired) electrons. The zero-order chi connectivity index (χ0) is 17.8. The highest BCUT2D eigenvalue weighted by atomic mass is 16.5. The Kier molecular flexibility index (Phi) is 4.98. The van der Waals surface area contributed by atoms with Crippen molar-refractivity contribution in [3.05, 3.63) is 42.1 Å². The van der Waals surface area contributed by atoms with E-state index in [4.69, 9.17) is 13.8 Å². The fourth-order valence-corrected chi connectivity index (χ4v) is 3.16. The van der Waals surface area contributed by atoms with Crippen LogP contribution in [0.4, 0.5) is 0 Å². The van der Waals surface area contributed by atoms with Crippen LogP contribution in [0, 0.1) is 0 Å². The molecule has 3 aromatic rings. The molecular formula is C17H20N6O3. The summed E-state index contributed by atoms with van der Waals surface area (Å²) >= 11 is 0. The Bertz CT molecular complexity index is 834. The molecule has 0 spiro atoms. The molecule has 0 saturated carbocycles. The fourth-order valence-electron chi connectivity index (χ4n) is 3.16. The molecule has 0 aliphatic carbocycles. The minimum Gasteiger partial charge on any atom is -0.377 e. The molecule has 0 bridgehead atoms. The van der Waals surface area contributed by atoms with Gasteiger partial charge in [-0.15, -0.1) is 0 Å². The fraction of sp³-hybridized carbons (Fsp3) is 0.471. The molecule has 9 heteroatoms. The second-order valence-electron chi connectivity index (χ2n) is 6.22. The van der Waals surface area contributed by atoms with Crippen LogP contribution >= 0.6 is 0 Å². The maximum Gasteiger partial charge on any atom is 0.244 e. The summed E-state index contributed by atoms with van der Waals surface area (Å²) < 4.78 is 15.9. The number of likely N-dealkylation sites (tertiary alicyclic amines) is 1. The topological polar surface area (TPSA) is 103 Å². The summed E-state index contributed by atoms with van der Waals surface area (Å²) in [4.78, 5) is 15.3. The van der Waals surface area contributed by atoms with Gasteiger partial charge in [0.25, 0.3) is 0 Å². The first-order valence-electron chi connectivity index (χ1n) is 8.62. The van der Waals surface area contributed by atoms with E-state index in [1.54, 1.807) is 19.5 Å². The SMILES string of the molecule is COCc1noc([C@H]2CCCCN2Cc2nc(-c3cccnc3)no2)n1. The lowest BCUT2D eigenvalue weighted by atomic mass is 10.0. The lowest BCUT2D eigenvalue weighted by Gasteiger charge is -2.31. The van der Waals surface area contributed by atoms with Crippen LogP contribution in [-0.2, 0) is 17.9 Å². The van der Waals surface area contributed by atoms with E-state index < -0.39 is 0 Å². The molecule has 136 valence electrons. The van der Waals surface area contributed by atoms with Crippen LogP contribution in [0.1, 0.15) is 42.9 Å². The maximum absolute atomic E-state index is 5.44. The molecule has 0 amide bonds. The predicted octanol–water partition coefficient (Wildman–Crippen LogP) is 2.39. The maximum atomic E-state index is 5.44. The third kappa shape index (κ3) is 3.63. The zero-order valence-electron chi connectivity index (χ0n) is 14.5. The molecule has 1 fully saturated rings. The quantitative estimate of drug-likeness (QED) is 0.658. The molecule has 26 heavy (non-hydrogen) atoms. The highest BCUT2D eigenvalue weighted by Gasteiger charge is 2.30. The Hall–Kier alpha value is -2.65. The van der Waals surface area contributed by atoms with Gasteiger partial charge in [0.1, 0.15) is 6.61 Å². The van der Waals surface area contributed by atoms with E-state index >= 15 is 0 Å². The number of methoxy groups -OCH3 is 1. The number of hydrogen-bond acceptors (Lipinski definition) is 9. The number of pyridine rings is 1. The summed E-state index contributed by atoms with van der Waals surface area (Å²) in [5.74, 6) is 2.28. The van der Waals surface area contributed by atoms with Crippen LogP contribution in [-0.4, -0.2) is 43.8 Å². The molecule has 4 rings (SSSR count). The summed E-state index contributed by atoms with van der Waals surface area (Å²) in [5, 5.41) is 8.03. The molecule has 1 aliphatic heterocycles. The van der Waals surface area contributed by atoms with E-state index in [0.717, 1.165) is 31.4 Å². The van der Waals surface area contributed by atoms with Gasteiger partial charge in [-0.05, 0) is 31.5 Å². The molecule has 0 N–H and O–H groups in total. The van der Waals surface area contributed by atoms with Crippen molar-refractivity contribution in [1.82, 2.24) is 30.2 Å². The predicted molar refractivity (Wildman–Crippen MR) is 89.5 cm³/mol. The van der Waals surface area contributed by atoms with Gasteiger partial charge < -0.3 is 13.8 Å². The Morgan fingerprint density at radius 1 is 1.23 bits per heavy atom. The Balaban J connectivity index is 1.49. The van der Waals surface area contributed by atoms with Gasteiger partial charge >= 0.3 is 0 Å². The van der Waals surface area contributed by atoms with E-state index in [0.29, 0.717) is 36.6 Å². The second kappa shape index (κ2) is 7.71. The first-order chi connectivity index (χ1) is 12.8. The summed E-state index contributed by atoms with van der Waals surface area (Å²) in [6.45, 7) is 1.80. The van der Waals surface area contributed by atoms with Crippen molar-refractivity contribution >= 4 is 0 Å². The van der Waals surface area contributed by atoms with E-state index in [1.165, 1.54) is 0 Å². The first kappa shape index (κ1) is 16.8. The minimum atomic E-state index is 0.0515. The van der Waals surface area contributed by atoms with Crippen LogP contribution < -0.4 is 0 Å². The van der Waals surface area contributed by atoms with E-state index in [1.807, 2.05) is 12.1 Å². The van der Waals surface area contributed by atoms with Gasteiger partial charge in [-0.1, -0.05) is 16.7 Å². The van der Waals surface area contributed by atoms with Crippen molar-refractivity contribution in [1.29, 1.82) is 0 Å². The zero-order valence-corrected chi connectivity index (χ0v) is 14.5. The molecule has 4 heterocycles. The monoisotopic (exact) mass is 356 g/mol. The molecule has 1 aliphatic rings. The Morgan fingerprint density at radius 2 is 2.19 bits per heavy atom. The van der Waals surface area contributed by atoms with Crippen molar-refractivity contribution in [2.45, 2.75) is 38.5 Å². The Labute approximate surface area is 150 Å². The Morgan fingerprint density at radius 3 is 3.04 bits per heavy atom. The van der Waals surface area contributed by atoms with Gasteiger partial charge in [0.15, 0.2) is 5.82 Å². The van der Waals surface area contributed by atoms with Crippen molar-refractivity contribution < 1.29 is 13.8 Å². The average molecular weight is 356 g/mol. The largest absolute Gasteiger partial charge is 0.377 e. The van der Waals surface area contributed by atoms with Gasteiger partial charge in [-0.25, -0.2) is 0 Å². The molecule has 9 nitrogen and oxygen atoms in total. The number of piperidine rings is 1. The molecule has 1 atom stereocenters. The number of nitrogens with zero attached hydrogens (tertiary/aromatic N) is 6. The van der Waals surface area contributed by atoms with Crippen LogP contribution in [0.25, 0.3) is 11.4 Å². The highest BCUT2D eigenvalue weighted by Crippen LogP contribution is 2.31. The van der Waals surface area contributed by atoms with Crippen LogP contribution in [0.3, 0.4) is 0 Å². The normalized spacial score (nSPS) is 18.3. The van der Waals surface area contributed by atoms with E-state index in [2.05, 4.69) is 30.2 Å². The van der Waals surface area contributed by atoms with Crippen LogP contribution in [0.2, 0.25) is 0 Å². The van der Waals surface area contributed by atoms with Crippen LogP contribution in [0.5, 0.6) is 0 Å². The molecule has 1 saturated heterocycles. The summed E-state index contributed by atoms with van der Waals surface area (Å²) in [5.41, 5.74) is 0.832. The second-order valence-corrected chi connectivity index (χ2v) is 6.22. The smallest absolute Gasteiger partial charge is 0.244 e. The van der Waals surface area contributed by atoms with E-state index in [9.17, 15) is 0 Å². The summed E-state index contributed by atoms with van der Waals surface area (Å²) in [6.07, 6.45) is 6.62. The van der Waals surface area contributed by atoms with Crippen molar-refractivity contribution in [2.24, 2.45) is 0 Å². The first-order valence-corrected chi connectivity index (χ1v) is 8.62. The third-order valence-electron chi connectivity index (χ3n) is 4.38. The van der Waals surface area contributed by atoms with Crippen molar-refractivity contribution in [2.75, 3.05) is 13.7 Å². The average Bonchev–Trinajstić information content (AvgIpc) is 3.33. The highest BCUT2D eigenvalue weighted by molar-refractivity contribution is 5.51. The molecular weight excluding hydrogens is 336 g/mol. The molecule has 0 aromatic carbocycles. The number of rotatable bonds is 6. The van der Waals surface area contributed by atoms with Gasteiger partial charge in [-0.2, -0.15) is 9.97 Å². The number of aromatic nitrogens is 5.